The van der Waals surface area contributed by atoms with Gasteiger partial charge in [-0.2, -0.15) is 0 Å². The summed E-state index contributed by atoms with van der Waals surface area (Å²) in [7, 11) is 1.77. The highest BCUT2D eigenvalue weighted by molar-refractivity contribution is 5.80. The van der Waals surface area contributed by atoms with Crippen LogP contribution in [0.3, 0.4) is 0 Å². The molecular formula is C19H38N4O2. The van der Waals surface area contributed by atoms with Gasteiger partial charge in [-0.3, -0.25) is 4.99 Å². The summed E-state index contributed by atoms with van der Waals surface area (Å²) in [5.74, 6) is 0.860. The zero-order chi connectivity index (χ0) is 18.0. The SMILES string of the molecule is CCNC(=NCC1(O)CCCCC1)NC1CCN(CCCOC)CC1. The molecule has 25 heavy (non-hydrogen) atoms. The fourth-order valence-corrected chi connectivity index (χ4v) is 3.84. The molecule has 6 nitrogen and oxygen atoms in total. The van der Waals surface area contributed by atoms with Gasteiger partial charge in [-0.25, -0.2) is 0 Å². The number of nitrogens with one attached hydrogen (secondary N) is 2. The van der Waals surface area contributed by atoms with Crippen LogP contribution in [0.4, 0.5) is 0 Å². The molecule has 0 aromatic carbocycles. The van der Waals surface area contributed by atoms with Crippen molar-refractivity contribution in [2.75, 3.05) is 46.4 Å². The van der Waals surface area contributed by atoms with Gasteiger partial charge in [-0.15, -0.1) is 0 Å². The number of hydrogen-bond acceptors (Lipinski definition) is 4. The van der Waals surface area contributed by atoms with E-state index in [0.29, 0.717) is 12.6 Å². The molecular weight excluding hydrogens is 316 g/mol. The van der Waals surface area contributed by atoms with Crippen molar-refractivity contribution >= 4 is 5.96 Å². The number of aliphatic imine (C=N–C) groups is 1. The van der Waals surface area contributed by atoms with Gasteiger partial charge < -0.3 is 25.4 Å². The van der Waals surface area contributed by atoms with Crippen molar-refractivity contribution in [2.45, 2.75) is 69.9 Å². The smallest absolute Gasteiger partial charge is 0.191 e. The Morgan fingerprint density at radius 1 is 1.24 bits per heavy atom. The lowest BCUT2D eigenvalue weighted by Gasteiger charge is -2.34. The Bertz CT molecular complexity index is 389. The van der Waals surface area contributed by atoms with E-state index < -0.39 is 5.60 Å². The summed E-state index contributed by atoms with van der Waals surface area (Å²) in [6.07, 6.45) is 8.65. The van der Waals surface area contributed by atoms with Crippen LogP contribution in [0.5, 0.6) is 0 Å². The van der Waals surface area contributed by atoms with Crippen molar-refractivity contribution in [1.29, 1.82) is 0 Å². The maximum Gasteiger partial charge on any atom is 0.191 e. The van der Waals surface area contributed by atoms with Gasteiger partial charge in [0.05, 0.1) is 12.1 Å². The average molecular weight is 355 g/mol. The minimum absolute atomic E-state index is 0.470. The number of piperidine rings is 1. The van der Waals surface area contributed by atoms with Gasteiger partial charge in [0.1, 0.15) is 0 Å². The molecule has 0 aromatic rings. The van der Waals surface area contributed by atoms with Crippen LogP contribution in [0.15, 0.2) is 4.99 Å². The summed E-state index contributed by atoms with van der Waals surface area (Å²) in [4.78, 5) is 7.22. The molecule has 2 fully saturated rings. The minimum Gasteiger partial charge on any atom is -0.388 e. The Kier molecular flexibility index (Phi) is 8.99. The second-order valence-corrected chi connectivity index (χ2v) is 7.59. The number of guanidine groups is 1. The van der Waals surface area contributed by atoms with Crippen LogP contribution in [0, 0.1) is 0 Å². The maximum atomic E-state index is 10.7. The summed E-state index contributed by atoms with van der Waals surface area (Å²) in [5.41, 5.74) is -0.592. The van der Waals surface area contributed by atoms with Crippen LogP contribution >= 0.6 is 0 Å². The first-order chi connectivity index (χ1) is 12.1. The molecule has 0 radical (unpaired) electrons. The van der Waals surface area contributed by atoms with E-state index in [1.807, 2.05) is 0 Å². The number of aliphatic hydroxyl groups is 1. The quantitative estimate of drug-likeness (QED) is 0.352. The van der Waals surface area contributed by atoms with E-state index in [1.54, 1.807) is 7.11 Å². The Morgan fingerprint density at radius 3 is 2.60 bits per heavy atom. The monoisotopic (exact) mass is 354 g/mol. The Balaban J connectivity index is 1.76. The molecule has 2 rings (SSSR count). The summed E-state index contributed by atoms with van der Waals surface area (Å²) in [5, 5.41) is 17.6. The van der Waals surface area contributed by atoms with Gasteiger partial charge in [0.2, 0.25) is 0 Å². The van der Waals surface area contributed by atoms with E-state index in [1.165, 1.54) is 6.42 Å². The van der Waals surface area contributed by atoms with Crippen molar-refractivity contribution in [3.8, 4) is 0 Å². The fourth-order valence-electron chi connectivity index (χ4n) is 3.84. The second-order valence-electron chi connectivity index (χ2n) is 7.59. The highest BCUT2D eigenvalue weighted by Gasteiger charge is 2.29. The molecule has 3 N–H and O–H groups in total. The molecule has 0 spiro atoms. The molecule has 1 aliphatic carbocycles. The molecule has 2 aliphatic rings. The molecule has 0 unspecified atom stereocenters. The molecule has 0 atom stereocenters. The van der Waals surface area contributed by atoms with Crippen LogP contribution in [-0.2, 0) is 4.74 Å². The Morgan fingerprint density at radius 2 is 1.96 bits per heavy atom. The number of nitrogens with zero attached hydrogens (tertiary/aromatic N) is 2. The zero-order valence-corrected chi connectivity index (χ0v) is 16.2. The van der Waals surface area contributed by atoms with Crippen molar-refractivity contribution in [2.24, 2.45) is 4.99 Å². The first kappa shape index (κ1) is 20.5. The van der Waals surface area contributed by atoms with Crippen molar-refractivity contribution in [3.63, 3.8) is 0 Å². The summed E-state index contributed by atoms with van der Waals surface area (Å²) in [6, 6.07) is 0.470. The van der Waals surface area contributed by atoms with Gasteiger partial charge in [-0.1, -0.05) is 19.3 Å². The normalized spacial score (nSPS) is 22.8. The predicted octanol–water partition coefficient (Wildman–Crippen LogP) is 1.74. The lowest BCUT2D eigenvalue weighted by atomic mass is 9.85. The summed E-state index contributed by atoms with van der Waals surface area (Å²) in [6.45, 7) is 7.68. The predicted molar refractivity (Wildman–Crippen MR) is 103 cm³/mol. The van der Waals surface area contributed by atoms with Crippen LogP contribution in [0.1, 0.15) is 58.3 Å². The topological polar surface area (TPSA) is 69.1 Å². The zero-order valence-electron chi connectivity index (χ0n) is 16.2. The van der Waals surface area contributed by atoms with E-state index in [-0.39, 0.29) is 0 Å². The Labute approximate surface area is 153 Å². The fraction of sp³-hybridized carbons (Fsp3) is 0.947. The lowest BCUT2D eigenvalue weighted by molar-refractivity contribution is 0.0131. The van der Waals surface area contributed by atoms with E-state index in [9.17, 15) is 5.11 Å². The van der Waals surface area contributed by atoms with Crippen molar-refractivity contribution in [1.82, 2.24) is 15.5 Å². The van der Waals surface area contributed by atoms with Crippen LogP contribution in [0.2, 0.25) is 0 Å². The molecule has 1 heterocycles. The Hall–Kier alpha value is -0.850. The summed E-state index contributed by atoms with van der Waals surface area (Å²) < 4.78 is 5.14. The highest BCUT2D eigenvalue weighted by Crippen LogP contribution is 2.28. The maximum absolute atomic E-state index is 10.7. The highest BCUT2D eigenvalue weighted by atomic mass is 16.5. The largest absolute Gasteiger partial charge is 0.388 e. The molecule has 146 valence electrons. The third kappa shape index (κ3) is 7.50. The third-order valence-corrected chi connectivity index (χ3v) is 5.41. The minimum atomic E-state index is -0.592. The molecule has 0 amide bonds. The summed E-state index contributed by atoms with van der Waals surface area (Å²) >= 11 is 0. The number of rotatable bonds is 8. The standard InChI is InChI=1S/C19H38N4O2/c1-3-20-18(21-16-19(24)10-5-4-6-11-19)22-17-8-13-23(14-9-17)12-7-15-25-2/h17,24H,3-16H2,1-2H3,(H2,20,21,22). The average Bonchev–Trinajstić information content (AvgIpc) is 2.62. The molecule has 1 saturated carbocycles. The van der Waals surface area contributed by atoms with Gasteiger partial charge in [0.25, 0.3) is 0 Å². The number of methoxy groups -OCH3 is 1. The first-order valence-corrected chi connectivity index (χ1v) is 10.1. The van der Waals surface area contributed by atoms with Crippen LogP contribution in [0.25, 0.3) is 0 Å². The van der Waals surface area contributed by atoms with Crippen LogP contribution < -0.4 is 10.6 Å². The molecule has 0 bridgehead atoms. The van der Waals surface area contributed by atoms with E-state index in [2.05, 4.69) is 22.5 Å². The van der Waals surface area contributed by atoms with Crippen molar-refractivity contribution < 1.29 is 9.84 Å². The molecule has 0 aromatic heterocycles. The number of ether oxygens (including phenoxy) is 1. The van der Waals surface area contributed by atoms with E-state index in [4.69, 9.17) is 9.73 Å². The van der Waals surface area contributed by atoms with Gasteiger partial charge >= 0.3 is 0 Å². The van der Waals surface area contributed by atoms with Gasteiger partial charge in [0, 0.05) is 45.9 Å². The third-order valence-electron chi connectivity index (χ3n) is 5.41. The molecule has 6 heteroatoms. The van der Waals surface area contributed by atoms with Crippen LogP contribution in [-0.4, -0.2) is 74.0 Å². The molecule has 1 saturated heterocycles. The first-order valence-electron chi connectivity index (χ1n) is 10.1. The molecule has 1 aliphatic heterocycles. The van der Waals surface area contributed by atoms with Gasteiger partial charge in [0.15, 0.2) is 5.96 Å². The van der Waals surface area contributed by atoms with E-state index >= 15 is 0 Å². The number of hydrogen-bond donors (Lipinski definition) is 3. The second kappa shape index (κ2) is 11.0. The van der Waals surface area contributed by atoms with Crippen molar-refractivity contribution in [3.05, 3.63) is 0 Å². The van der Waals surface area contributed by atoms with E-state index in [0.717, 1.165) is 83.7 Å². The lowest BCUT2D eigenvalue weighted by Crippen LogP contribution is -2.49. The number of likely N-dealkylation sites (tertiary alicyclic amines) is 1. The van der Waals surface area contributed by atoms with Gasteiger partial charge in [-0.05, 0) is 39.0 Å².